The number of nitrogens with zero attached hydrogens (tertiary/aromatic N) is 1. The van der Waals surface area contributed by atoms with Crippen LogP contribution in [-0.2, 0) is 20.7 Å². The Bertz CT molecular complexity index is 739. The second-order valence-corrected chi connectivity index (χ2v) is 6.08. The number of nitrogens with one attached hydrogen (secondary N) is 1. The van der Waals surface area contributed by atoms with Crippen molar-refractivity contribution in [2.45, 2.75) is 19.4 Å². The molecule has 1 saturated heterocycles. The number of ether oxygens (including phenoxy) is 1. The van der Waals surface area contributed by atoms with Crippen molar-refractivity contribution in [1.29, 1.82) is 0 Å². The summed E-state index contributed by atoms with van der Waals surface area (Å²) in [4.78, 5) is 24.9. The highest BCUT2D eigenvalue weighted by Crippen LogP contribution is 2.21. The molecule has 0 bridgehead atoms. The van der Waals surface area contributed by atoms with Crippen LogP contribution in [0, 0.1) is 0 Å². The first-order chi connectivity index (χ1) is 11.6. The summed E-state index contributed by atoms with van der Waals surface area (Å²) in [5.41, 5.74) is 1.23. The Morgan fingerprint density at radius 3 is 2.83 bits per heavy atom. The Morgan fingerprint density at radius 2 is 2.00 bits per heavy atom. The Kier molecular flexibility index (Phi) is 5.11. The molecule has 0 saturated carbocycles. The molecule has 5 nitrogen and oxygen atoms in total. The van der Waals surface area contributed by atoms with Gasteiger partial charge in [-0.3, -0.25) is 9.59 Å². The first-order valence-corrected chi connectivity index (χ1v) is 8.24. The second-order valence-electron chi connectivity index (χ2n) is 6.08. The molecule has 2 amide bonds. The van der Waals surface area contributed by atoms with Gasteiger partial charge in [-0.15, -0.1) is 0 Å². The predicted octanol–water partition coefficient (Wildman–Crippen LogP) is 1.75. The van der Waals surface area contributed by atoms with Crippen LogP contribution in [-0.4, -0.2) is 49.1 Å². The van der Waals surface area contributed by atoms with E-state index in [1.165, 1.54) is 23.3 Å². The summed E-state index contributed by atoms with van der Waals surface area (Å²) in [7, 11) is 0. The van der Waals surface area contributed by atoms with Gasteiger partial charge in [0.05, 0.1) is 19.3 Å². The van der Waals surface area contributed by atoms with Crippen LogP contribution in [0.2, 0.25) is 0 Å². The summed E-state index contributed by atoms with van der Waals surface area (Å²) in [6, 6.07) is 14.6. The third kappa shape index (κ3) is 3.92. The molecule has 1 aliphatic heterocycles. The highest BCUT2D eigenvalue weighted by atomic mass is 16.5. The summed E-state index contributed by atoms with van der Waals surface area (Å²) in [6.45, 7) is 3.12. The third-order valence-corrected chi connectivity index (χ3v) is 4.31. The molecular formula is C19H22N2O3. The van der Waals surface area contributed by atoms with Crippen molar-refractivity contribution < 1.29 is 14.3 Å². The van der Waals surface area contributed by atoms with Gasteiger partial charge >= 0.3 is 0 Å². The molecular weight excluding hydrogens is 304 g/mol. The molecule has 3 rings (SSSR count). The van der Waals surface area contributed by atoms with Crippen LogP contribution in [0.1, 0.15) is 12.5 Å². The van der Waals surface area contributed by atoms with Gasteiger partial charge in [-0.1, -0.05) is 42.5 Å². The van der Waals surface area contributed by atoms with Gasteiger partial charge in [0, 0.05) is 26.4 Å². The van der Waals surface area contributed by atoms with E-state index in [0.717, 1.165) is 6.42 Å². The standard InChI is InChI=1S/C19H22N2O3/c1-14(22)20-12-19(23)21-9-10-24-17(13-21)11-16-7-4-6-15-5-2-3-8-18(15)16/h2-8,17H,9-13H2,1H3,(H,20,22). The molecule has 0 spiro atoms. The number of benzene rings is 2. The Morgan fingerprint density at radius 1 is 1.21 bits per heavy atom. The largest absolute Gasteiger partial charge is 0.374 e. The van der Waals surface area contributed by atoms with E-state index in [2.05, 4.69) is 35.6 Å². The normalized spacial score (nSPS) is 17.7. The predicted molar refractivity (Wildman–Crippen MR) is 92.7 cm³/mol. The zero-order valence-electron chi connectivity index (χ0n) is 13.8. The molecule has 1 fully saturated rings. The van der Waals surface area contributed by atoms with Gasteiger partial charge in [0.15, 0.2) is 0 Å². The Hall–Kier alpha value is -2.40. The van der Waals surface area contributed by atoms with Gasteiger partial charge in [0.25, 0.3) is 0 Å². The minimum Gasteiger partial charge on any atom is -0.374 e. The van der Waals surface area contributed by atoms with Crippen LogP contribution in [0.3, 0.4) is 0 Å². The lowest BCUT2D eigenvalue weighted by molar-refractivity contribution is -0.139. The van der Waals surface area contributed by atoms with Gasteiger partial charge in [-0.05, 0) is 16.3 Å². The first-order valence-electron chi connectivity index (χ1n) is 8.24. The van der Waals surface area contributed by atoms with Crippen LogP contribution in [0.4, 0.5) is 0 Å². The lowest BCUT2D eigenvalue weighted by Gasteiger charge is -2.33. The van der Waals surface area contributed by atoms with Crippen LogP contribution in [0.25, 0.3) is 10.8 Å². The van der Waals surface area contributed by atoms with Crippen molar-refractivity contribution in [1.82, 2.24) is 10.2 Å². The molecule has 0 aliphatic carbocycles. The van der Waals surface area contributed by atoms with E-state index < -0.39 is 0 Å². The number of amides is 2. The highest BCUT2D eigenvalue weighted by molar-refractivity contribution is 5.86. The molecule has 2 aromatic rings. The zero-order chi connectivity index (χ0) is 16.9. The number of morpholine rings is 1. The van der Waals surface area contributed by atoms with Crippen molar-refractivity contribution in [3.05, 3.63) is 48.0 Å². The fourth-order valence-electron chi connectivity index (χ4n) is 3.10. The summed E-state index contributed by atoms with van der Waals surface area (Å²) < 4.78 is 5.86. The maximum absolute atomic E-state index is 12.2. The Balaban J connectivity index is 1.66. The van der Waals surface area contributed by atoms with E-state index in [-0.39, 0.29) is 24.5 Å². The van der Waals surface area contributed by atoms with E-state index in [1.807, 2.05) is 12.1 Å². The van der Waals surface area contributed by atoms with Crippen molar-refractivity contribution in [2.24, 2.45) is 0 Å². The monoisotopic (exact) mass is 326 g/mol. The SMILES string of the molecule is CC(=O)NCC(=O)N1CCOC(Cc2cccc3ccccc23)C1. The quantitative estimate of drug-likeness (QED) is 0.931. The molecule has 1 aliphatic rings. The number of fused-ring (bicyclic) bond motifs is 1. The molecule has 2 aromatic carbocycles. The van der Waals surface area contributed by atoms with Gasteiger partial charge < -0.3 is 15.0 Å². The van der Waals surface area contributed by atoms with Gasteiger partial charge in [0.1, 0.15) is 0 Å². The fraction of sp³-hybridized carbons (Fsp3) is 0.368. The van der Waals surface area contributed by atoms with Gasteiger partial charge in [0.2, 0.25) is 11.8 Å². The molecule has 1 atom stereocenters. The summed E-state index contributed by atoms with van der Waals surface area (Å²) in [5, 5.41) is 5.00. The molecule has 1 N–H and O–H groups in total. The van der Waals surface area contributed by atoms with Crippen LogP contribution in [0.5, 0.6) is 0 Å². The molecule has 24 heavy (non-hydrogen) atoms. The fourth-order valence-corrected chi connectivity index (χ4v) is 3.10. The lowest BCUT2D eigenvalue weighted by atomic mass is 9.99. The van der Waals surface area contributed by atoms with Crippen molar-refractivity contribution in [3.63, 3.8) is 0 Å². The molecule has 0 radical (unpaired) electrons. The molecule has 1 heterocycles. The highest BCUT2D eigenvalue weighted by Gasteiger charge is 2.24. The van der Waals surface area contributed by atoms with Crippen molar-refractivity contribution >= 4 is 22.6 Å². The number of carbonyl (C=O) groups is 2. The van der Waals surface area contributed by atoms with Crippen molar-refractivity contribution in [2.75, 3.05) is 26.2 Å². The van der Waals surface area contributed by atoms with E-state index in [9.17, 15) is 9.59 Å². The smallest absolute Gasteiger partial charge is 0.242 e. The van der Waals surface area contributed by atoms with Gasteiger partial charge in [-0.25, -0.2) is 0 Å². The Labute approximate surface area is 141 Å². The molecule has 1 unspecified atom stereocenters. The lowest BCUT2D eigenvalue weighted by Crippen LogP contribution is -2.49. The summed E-state index contributed by atoms with van der Waals surface area (Å²) in [5.74, 6) is -0.250. The topological polar surface area (TPSA) is 58.6 Å². The maximum Gasteiger partial charge on any atom is 0.242 e. The molecule has 5 heteroatoms. The summed E-state index contributed by atoms with van der Waals surface area (Å²) in [6.07, 6.45) is 0.747. The third-order valence-electron chi connectivity index (χ3n) is 4.31. The minimum absolute atomic E-state index is 0.0224. The molecule has 126 valence electrons. The van der Waals surface area contributed by atoms with Crippen molar-refractivity contribution in [3.8, 4) is 0 Å². The number of hydrogen-bond acceptors (Lipinski definition) is 3. The van der Waals surface area contributed by atoms with E-state index in [4.69, 9.17) is 4.74 Å². The average molecular weight is 326 g/mol. The zero-order valence-corrected chi connectivity index (χ0v) is 13.8. The van der Waals surface area contributed by atoms with E-state index in [0.29, 0.717) is 19.7 Å². The molecule has 0 aromatic heterocycles. The van der Waals surface area contributed by atoms with E-state index >= 15 is 0 Å². The first kappa shape index (κ1) is 16.5. The number of hydrogen-bond donors (Lipinski definition) is 1. The average Bonchev–Trinajstić information content (AvgIpc) is 2.60. The van der Waals surface area contributed by atoms with E-state index in [1.54, 1.807) is 4.90 Å². The van der Waals surface area contributed by atoms with Crippen LogP contribution < -0.4 is 5.32 Å². The summed E-state index contributed by atoms with van der Waals surface area (Å²) >= 11 is 0. The second kappa shape index (κ2) is 7.45. The number of rotatable bonds is 4. The minimum atomic E-state index is -0.191. The van der Waals surface area contributed by atoms with Crippen LogP contribution >= 0.6 is 0 Å². The van der Waals surface area contributed by atoms with Gasteiger partial charge in [-0.2, -0.15) is 0 Å². The van der Waals surface area contributed by atoms with Crippen LogP contribution in [0.15, 0.2) is 42.5 Å². The number of carbonyl (C=O) groups excluding carboxylic acids is 2. The maximum atomic E-state index is 12.2.